The molecule has 5 heteroatoms. The second kappa shape index (κ2) is 5.83. The standard InChI is InChI=1S/C17H18O5/c1-20-13-7-5-12(6-8-13)11-14-15(18)21-17(22-16(14)19)9-3-2-4-10-17/h5-8,11H,2-4,9-10H2,1H3. The molecule has 22 heavy (non-hydrogen) atoms. The number of ether oxygens (including phenoxy) is 3. The Labute approximate surface area is 128 Å². The molecule has 1 saturated heterocycles. The van der Waals surface area contributed by atoms with E-state index in [4.69, 9.17) is 14.2 Å². The van der Waals surface area contributed by atoms with E-state index >= 15 is 0 Å². The molecule has 1 heterocycles. The number of carbonyl (C=O) groups excluding carboxylic acids is 2. The van der Waals surface area contributed by atoms with Gasteiger partial charge in [-0.1, -0.05) is 18.6 Å². The fourth-order valence-electron chi connectivity index (χ4n) is 2.83. The maximum absolute atomic E-state index is 12.2. The van der Waals surface area contributed by atoms with Crippen LogP contribution in [0.5, 0.6) is 5.75 Å². The van der Waals surface area contributed by atoms with Crippen molar-refractivity contribution in [3.8, 4) is 5.75 Å². The summed E-state index contributed by atoms with van der Waals surface area (Å²) in [6.45, 7) is 0. The zero-order valence-corrected chi connectivity index (χ0v) is 12.5. The number of methoxy groups -OCH3 is 1. The van der Waals surface area contributed by atoms with Crippen molar-refractivity contribution in [3.05, 3.63) is 35.4 Å². The van der Waals surface area contributed by atoms with Gasteiger partial charge in [-0.05, 0) is 36.6 Å². The molecule has 1 aromatic rings. The molecule has 0 unspecified atom stereocenters. The average Bonchev–Trinajstić information content (AvgIpc) is 2.52. The third kappa shape index (κ3) is 2.84. The van der Waals surface area contributed by atoms with Crippen LogP contribution in [0.15, 0.2) is 29.8 Å². The van der Waals surface area contributed by atoms with Gasteiger partial charge in [-0.2, -0.15) is 0 Å². The van der Waals surface area contributed by atoms with Crippen LogP contribution >= 0.6 is 0 Å². The lowest BCUT2D eigenvalue weighted by atomic mass is 9.93. The summed E-state index contributed by atoms with van der Waals surface area (Å²) in [5, 5.41) is 0. The van der Waals surface area contributed by atoms with Crippen LogP contribution < -0.4 is 4.74 Å². The Kier molecular flexibility index (Phi) is 3.88. The first-order valence-corrected chi connectivity index (χ1v) is 7.44. The van der Waals surface area contributed by atoms with Gasteiger partial charge in [-0.3, -0.25) is 0 Å². The normalized spacial score (nSPS) is 20.3. The molecule has 1 aliphatic heterocycles. The van der Waals surface area contributed by atoms with Gasteiger partial charge in [0.15, 0.2) is 0 Å². The highest BCUT2D eigenvalue weighted by Gasteiger charge is 2.46. The number of benzene rings is 1. The van der Waals surface area contributed by atoms with E-state index in [1.165, 1.54) is 6.08 Å². The maximum Gasteiger partial charge on any atom is 0.348 e. The molecule has 0 amide bonds. The summed E-state index contributed by atoms with van der Waals surface area (Å²) in [6.07, 6.45) is 5.53. The van der Waals surface area contributed by atoms with Crippen molar-refractivity contribution in [2.45, 2.75) is 37.9 Å². The van der Waals surface area contributed by atoms with Gasteiger partial charge in [0.05, 0.1) is 7.11 Å². The Morgan fingerprint density at radius 3 is 2.14 bits per heavy atom. The van der Waals surface area contributed by atoms with Crippen molar-refractivity contribution in [1.29, 1.82) is 0 Å². The Balaban J connectivity index is 1.81. The van der Waals surface area contributed by atoms with E-state index < -0.39 is 17.7 Å². The first-order valence-electron chi connectivity index (χ1n) is 7.44. The molecule has 1 aliphatic carbocycles. The van der Waals surface area contributed by atoms with Crippen LogP contribution in [0.3, 0.4) is 0 Å². The average molecular weight is 302 g/mol. The molecule has 1 saturated carbocycles. The minimum atomic E-state index is -1.04. The van der Waals surface area contributed by atoms with E-state index in [9.17, 15) is 9.59 Å². The molecular formula is C17H18O5. The summed E-state index contributed by atoms with van der Waals surface area (Å²) in [4.78, 5) is 24.4. The number of carbonyl (C=O) groups is 2. The molecule has 2 fully saturated rings. The van der Waals surface area contributed by atoms with Crippen molar-refractivity contribution in [2.24, 2.45) is 0 Å². The maximum atomic E-state index is 12.2. The third-order valence-corrected chi connectivity index (χ3v) is 4.04. The van der Waals surface area contributed by atoms with Crippen LogP contribution in [0.25, 0.3) is 6.08 Å². The van der Waals surface area contributed by atoms with Crippen LogP contribution in [0.2, 0.25) is 0 Å². The van der Waals surface area contributed by atoms with Crippen LogP contribution in [-0.4, -0.2) is 24.8 Å². The van der Waals surface area contributed by atoms with Gasteiger partial charge in [0, 0.05) is 12.8 Å². The Bertz CT molecular complexity index is 586. The minimum absolute atomic E-state index is 0.0682. The largest absolute Gasteiger partial charge is 0.497 e. The van der Waals surface area contributed by atoms with E-state index in [0.29, 0.717) is 24.2 Å². The Morgan fingerprint density at radius 2 is 1.59 bits per heavy atom. The van der Waals surface area contributed by atoms with Crippen molar-refractivity contribution in [2.75, 3.05) is 7.11 Å². The fraction of sp³-hybridized carbons (Fsp3) is 0.412. The number of rotatable bonds is 2. The lowest BCUT2D eigenvalue weighted by Crippen LogP contribution is -2.47. The predicted molar refractivity (Wildman–Crippen MR) is 79.0 cm³/mol. The fourth-order valence-corrected chi connectivity index (χ4v) is 2.83. The molecule has 0 aromatic heterocycles. The number of esters is 2. The summed E-state index contributed by atoms with van der Waals surface area (Å²) >= 11 is 0. The SMILES string of the molecule is COc1ccc(C=C2C(=O)OC3(CCCCC3)OC2=O)cc1. The molecule has 1 spiro atoms. The summed E-state index contributed by atoms with van der Waals surface area (Å²) in [5.41, 5.74) is 0.644. The second-order valence-corrected chi connectivity index (χ2v) is 5.58. The molecular weight excluding hydrogens is 284 g/mol. The molecule has 1 aromatic carbocycles. The van der Waals surface area contributed by atoms with Crippen molar-refractivity contribution in [1.82, 2.24) is 0 Å². The van der Waals surface area contributed by atoms with E-state index in [1.807, 2.05) is 0 Å². The van der Waals surface area contributed by atoms with Gasteiger partial charge in [-0.15, -0.1) is 0 Å². The van der Waals surface area contributed by atoms with Crippen LogP contribution in [0, 0.1) is 0 Å². The molecule has 0 radical (unpaired) electrons. The molecule has 2 aliphatic rings. The van der Waals surface area contributed by atoms with Crippen molar-refractivity contribution < 1.29 is 23.8 Å². The zero-order chi connectivity index (χ0) is 15.6. The summed E-state index contributed by atoms with van der Waals surface area (Å²) in [6, 6.07) is 7.04. The summed E-state index contributed by atoms with van der Waals surface area (Å²) in [7, 11) is 1.58. The Hall–Kier alpha value is -2.30. The zero-order valence-electron chi connectivity index (χ0n) is 12.5. The monoisotopic (exact) mass is 302 g/mol. The van der Waals surface area contributed by atoms with Gasteiger partial charge in [0.1, 0.15) is 11.3 Å². The first-order chi connectivity index (χ1) is 10.6. The lowest BCUT2D eigenvalue weighted by Gasteiger charge is -2.38. The lowest BCUT2D eigenvalue weighted by molar-refractivity contribution is -0.244. The summed E-state index contributed by atoms with van der Waals surface area (Å²) in [5.74, 6) is -1.54. The minimum Gasteiger partial charge on any atom is -0.497 e. The summed E-state index contributed by atoms with van der Waals surface area (Å²) < 4.78 is 16.0. The highest BCUT2D eigenvalue weighted by molar-refractivity contribution is 6.18. The smallest absolute Gasteiger partial charge is 0.348 e. The van der Waals surface area contributed by atoms with Gasteiger partial charge in [0.25, 0.3) is 5.79 Å². The van der Waals surface area contributed by atoms with Crippen LogP contribution in [-0.2, 0) is 19.1 Å². The number of hydrogen-bond donors (Lipinski definition) is 0. The van der Waals surface area contributed by atoms with Crippen molar-refractivity contribution in [3.63, 3.8) is 0 Å². The van der Waals surface area contributed by atoms with Gasteiger partial charge >= 0.3 is 11.9 Å². The quantitative estimate of drug-likeness (QED) is 0.477. The molecule has 0 atom stereocenters. The molecule has 0 bridgehead atoms. The Morgan fingerprint density at radius 1 is 1.00 bits per heavy atom. The third-order valence-electron chi connectivity index (χ3n) is 4.04. The van der Waals surface area contributed by atoms with Crippen molar-refractivity contribution >= 4 is 18.0 Å². The van der Waals surface area contributed by atoms with E-state index in [0.717, 1.165) is 19.3 Å². The highest BCUT2D eigenvalue weighted by Crippen LogP contribution is 2.37. The van der Waals surface area contributed by atoms with E-state index in [2.05, 4.69) is 0 Å². The van der Waals surface area contributed by atoms with Gasteiger partial charge in [-0.25, -0.2) is 9.59 Å². The van der Waals surface area contributed by atoms with Crippen LogP contribution in [0.4, 0.5) is 0 Å². The molecule has 116 valence electrons. The second-order valence-electron chi connectivity index (χ2n) is 5.58. The van der Waals surface area contributed by atoms with Gasteiger partial charge < -0.3 is 14.2 Å². The molecule has 3 rings (SSSR count). The van der Waals surface area contributed by atoms with E-state index in [1.54, 1.807) is 31.4 Å². The predicted octanol–water partition coefficient (Wildman–Crippen LogP) is 2.84. The topological polar surface area (TPSA) is 61.8 Å². The van der Waals surface area contributed by atoms with Gasteiger partial charge in [0.2, 0.25) is 0 Å². The number of hydrogen-bond acceptors (Lipinski definition) is 5. The van der Waals surface area contributed by atoms with Crippen LogP contribution in [0.1, 0.15) is 37.7 Å². The first kappa shape index (κ1) is 14.6. The molecule has 5 nitrogen and oxygen atoms in total. The highest BCUT2D eigenvalue weighted by atomic mass is 16.7. The van der Waals surface area contributed by atoms with E-state index in [-0.39, 0.29) is 5.57 Å². The molecule has 0 N–H and O–H groups in total.